The first-order chi connectivity index (χ1) is 10.7. The predicted octanol–water partition coefficient (Wildman–Crippen LogP) is 0.504. The largest absolute Gasteiger partial charge is 0.395 e. The van der Waals surface area contributed by atoms with Crippen LogP contribution in [0, 0.1) is 11.8 Å². The molecule has 0 radical (unpaired) electrons. The van der Waals surface area contributed by atoms with Crippen LogP contribution in [0.1, 0.15) is 32.1 Å². The van der Waals surface area contributed by atoms with Crippen molar-refractivity contribution in [2.75, 3.05) is 19.7 Å². The van der Waals surface area contributed by atoms with Crippen molar-refractivity contribution in [2.24, 2.45) is 11.8 Å². The predicted molar refractivity (Wildman–Crippen MR) is 76.6 cm³/mol. The van der Waals surface area contributed by atoms with Gasteiger partial charge in [0.1, 0.15) is 12.2 Å². The van der Waals surface area contributed by atoms with E-state index in [9.17, 15) is 33.6 Å². The number of hydrogen-bond acceptors (Lipinski definition) is 5. The Bertz CT molecular complexity index is 374. The van der Waals surface area contributed by atoms with Gasteiger partial charge >= 0.3 is 6.18 Å². The molecule has 5 nitrogen and oxygen atoms in total. The first-order valence-corrected chi connectivity index (χ1v) is 8.19. The van der Waals surface area contributed by atoms with E-state index in [4.69, 9.17) is 0 Å². The molecule has 136 valence electrons. The van der Waals surface area contributed by atoms with Gasteiger partial charge in [-0.1, -0.05) is 0 Å². The summed E-state index contributed by atoms with van der Waals surface area (Å²) in [6.07, 6.45) is -5.70. The second-order valence-corrected chi connectivity index (χ2v) is 6.84. The smallest absolute Gasteiger partial charge is 0.391 e. The highest BCUT2D eigenvalue weighted by Gasteiger charge is 2.43. The molecule has 1 saturated heterocycles. The average molecular weight is 341 g/mol. The van der Waals surface area contributed by atoms with E-state index in [1.165, 1.54) is 0 Å². The fourth-order valence-corrected chi connectivity index (χ4v) is 3.76. The Hall–Kier alpha value is -0.410. The van der Waals surface area contributed by atoms with Crippen molar-refractivity contribution in [1.29, 1.82) is 0 Å². The van der Waals surface area contributed by atoms with Gasteiger partial charge in [0.05, 0.1) is 24.7 Å². The number of piperidine rings is 1. The van der Waals surface area contributed by atoms with Crippen molar-refractivity contribution in [3.8, 4) is 0 Å². The molecule has 4 N–H and O–H groups in total. The Kier molecular flexibility index (Phi) is 6.29. The lowest BCUT2D eigenvalue weighted by Crippen LogP contribution is -2.62. The van der Waals surface area contributed by atoms with Crippen LogP contribution >= 0.6 is 0 Å². The van der Waals surface area contributed by atoms with Gasteiger partial charge in [0.2, 0.25) is 0 Å². The number of alkyl halides is 3. The summed E-state index contributed by atoms with van der Waals surface area (Å²) in [5, 5.41) is 38.7. The van der Waals surface area contributed by atoms with E-state index < -0.39 is 36.4 Å². The molecule has 2 aliphatic rings. The molecular weight excluding hydrogens is 315 g/mol. The Morgan fingerprint density at radius 1 is 0.957 bits per heavy atom. The lowest BCUT2D eigenvalue weighted by Gasteiger charge is -2.43. The van der Waals surface area contributed by atoms with Crippen LogP contribution in [0.2, 0.25) is 0 Å². The number of hydrogen-bond donors (Lipinski definition) is 4. The van der Waals surface area contributed by atoms with E-state index in [1.54, 1.807) is 4.90 Å². The Labute approximate surface area is 133 Å². The number of β-amino-alcohol motifs (C(OH)–C–C–N with tert-alkyl or cyclic N) is 1. The summed E-state index contributed by atoms with van der Waals surface area (Å²) in [4.78, 5) is 1.72. The van der Waals surface area contributed by atoms with Crippen LogP contribution in [0.15, 0.2) is 0 Å². The molecule has 0 aromatic carbocycles. The maximum absolute atomic E-state index is 12.6. The maximum Gasteiger partial charge on any atom is 0.391 e. The Morgan fingerprint density at radius 2 is 1.57 bits per heavy atom. The van der Waals surface area contributed by atoms with Gasteiger partial charge in [0, 0.05) is 6.54 Å². The number of halogens is 3. The topological polar surface area (TPSA) is 84.2 Å². The van der Waals surface area contributed by atoms with Crippen LogP contribution in [-0.2, 0) is 0 Å². The Balaban J connectivity index is 1.81. The van der Waals surface area contributed by atoms with Gasteiger partial charge < -0.3 is 20.4 Å². The molecule has 1 heterocycles. The summed E-state index contributed by atoms with van der Waals surface area (Å²) < 4.78 is 37.9. The van der Waals surface area contributed by atoms with Gasteiger partial charge in [-0.25, -0.2) is 0 Å². The van der Waals surface area contributed by atoms with Gasteiger partial charge in [0.25, 0.3) is 0 Å². The molecule has 2 fully saturated rings. The summed E-state index contributed by atoms with van der Waals surface area (Å²) in [6, 6.07) is -0.653. The molecular formula is C15H26F3NO4. The summed E-state index contributed by atoms with van der Waals surface area (Å²) >= 11 is 0. The standard InChI is InChI=1S/C15H26F3NO4/c16-15(17,18)10-3-1-9(2-4-10)5-6-19-7-12(21)14(23)13(22)11(19)8-20/h9-14,20-23H,1-8H2/t9?,10?,11-,12-,13+,14+/m0/s1. The number of nitrogens with zero attached hydrogens (tertiary/aromatic N) is 1. The molecule has 0 spiro atoms. The van der Waals surface area contributed by atoms with Gasteiger partial charge in [-0.2, -0.15) is 13.2 Å². The number of aliphatic hydroxyl groups excluding tert-OH is 4. The van der Waals surface area contributed by atoms with Crippen LogP contribution < -0.4 is 0 Å². The fourth-order valence-electron chi connectivity index (χ4n) is 3.76. The molecule has 0 amide bonds. The lowest BCUT2D eigenvalue weighted by molar-refractivity contribution is -0.184. The van der Waals surface area contributed by atoms with Crippen LogP contribution in [0.3, 0.4) is 0 Å². The molecule has 0 aromatic rings. The highest BCUT2D eigenvalue weighted by Crippen LogP contribution is 2.40. The van der Waals surface area contributed by atoms with Crippen molar-refractivity contribution < 1.29 is 33.6 Å². The monoisotopic (exact) mass is 341 g/mol. The Morgan fingerprint density at radius 3 is 2.09 bits per heavy atom. The summed E-state index contributed by atoms with van der Waals surface area (Å²) in [5.41, 5.74) is 0. The lowest BCUT2D eigenvalue weighted by atomic mass is 9.80. The molecule has 0 bridgehead atoms. The first kappa shape index (κ1) is 18.9. The summed E-state index contributed by atoms with van der Waals surface area (Å²) in [7, 11) is 0. The molecule has 1 aliphatic heterocycles. The molecule has 8 heteroatoms. The second-order valence-electron chi connectivity index (χ2n) is 6.84. The van der Waals surface area contributed by atoms with Gasteiger partial charge in [-0.15, -0.1) is 0 Å². The van der Waals surface area contributed by atoms with Crippen molar-refractivity contribution in [1.82, 2.24) is 4.90 Å². The first-order valence-electron chi connectivity index (χ1n) is 8.19. The second kappa shape index (κ2) is 7.65. The van der Waals surface area contributed by atoms with Gasteiger partial charge in [0.15, 0.2) is 0 Å². The van der Waals surface area contributed by atoms with E-state index in [2.05, 4.69) is 0 Å². The van der Waals surface area contributed by atoms with E-state index in [-0.39, 0.29) is 31.9 Å². The highest BCUT2D eigenvalue weighted by atomic mass is 19.4. The minimum Gasteiger partial charge on any atom is -0.395 e. The zero-order valence-electron chi connectivity index (χ0n) is 13.0. The summed E-state index contributed by atoms with van der Waals surface area (Å²) in [6.45, 7) is 0.278. The number of likely N-dealkylation sites (tertiary alicyclic amines) is 1. The minimum absolute atomic E-state index is 0.140. The zero-order valence-corrected chi connectivity index (χ0v) is 13.0. The van der Waals surface area contributed by atoms with Gasteiger partial charge in [-0.3, -0.25) is 4.90 Å². The van der Waals surface area contributed by atoms with Crippen LogP contribution in [0.25, 0.3) is 0 Å². The van der Waals surface area contributed by atoms with Crippen LogP contribution in [0.4, 0.5) is 13.2 Å². The van der Waals surface area contributed by atoms with Crippen LogP contribution in [-0.4, -0.2) is 75.6 Å². The van der Waals surface area contributed by atoms with Crippen LogP contribution in [0.5, 0.6) is 0 Å². The average Bonchev–Trinajstić information content (AvgIpc) is 2.50. The summed E-state index contributed by atoms with van der Waals surface area (Å²) in [5.74, 6) is -1.01. The van der Waals surface area contributed by atoms with E-state index in [0.717, 1.165) is 0 Å². The van der Waals surface area contributed by atoms with E-state index >= 15 is 0 Å². The number of aliphatic hydroxyl groups is 4. The normalized spacial score (nSPS) is 40.3. The fraction of sp³-hybridized carbons (Fsp3) is 1.00. The van der Waals surface area contributed by atoms with Crippen molar-refractivity contribution in [3.63, 3.8) is 0 Å². The number of rotatable bonds is 4. The van der Waals surface area contributed by atoms with Crippen molar-refractivity contribution in [3.05, 3.63) is 0 Å². The van der Waals surface area contributed by atoms with E-state index in [0.29, 0.717) is 25.8 Å². The van der Waals surface area contributed by atoms with Crippen molar-refractivity contribution >= 4 is 0 Å². The quantitative estimate of drug-likeness (QED) is 0.599. The van der Waals surface area contributed by atoms with Crippen molar-refractivity contribution in [2.45, 2.75) is 62.6 Å². The third-order valence-corrected chi connectivity index (χ3v) is 5.35. The third-order valence-electron chi connectivity index (χ3n) is 5.35. The molecule has 4 atom stereocenters. The van der Waals surface area contributed by atoms with E-state index in [1.807, 2.05) is 0 Å². The molecule has 23 heavy (non-hydrogen) atoms. The third kappa shape index (κ3) is 4.57. The van der Waals surface area contributed by atoms with Gasteiger partial charge in [-0.05, 0) is 44.6 Å². The minimum atomic E-state index is -4.11. The molecule has 1 aliphatic carbocycles. The highest BCUT2D eigenvalue weighted by molar-refractivity contribution is 4.94. The molecule has 0 aromatic heterocycles. The SMILES string of the molecule is OC[C@H]1[C@@H](O)[C@H](O)[C@@H](O)CN1CCC1CCC(C(F)(F)F)CC1. The zero-order chi connectivity index (χ0) is 17.2. The molecule has 1 saturated carbocycles. The maximum atomic E-state index is 12.6. The molecule has 2 rings (SSSR count). The molecule has 0 unspecified atom stereocenters.